The van der Waals surface area contributed by atoms with Gasteiger partial charge in [-0.3, -0.25) is 0 Å². The van der Waals surface area contributed by atoms with E-state index in [0.717, 1.165) is 23.0 Å². The van der Waals surface area contributed by atoms with Crippen LogP contribution >= 0.6 is 27.3 Å². The molecule has 0 saturated heterocycles. The molecule has 0 aliphatic heterocycles. The molecule has 1 aliphatic rings. The number of aromatic nitrogens is 2. The van der Waals surface area contributed by atoms with Crippen molar-refractivity contribution in [1.29, 1.82) is 0 Å². The first-order chi connectivity index (χ1) is 8.16. The maximum Gasteiger partial charge on any atom is 0.231 e. The fourth-order valence-corrected chi connectivity index (χ4v) is 3.38. The van der Waals surface area contributed by atoms with Crippen molar-refractivity contribution in [2.45, 2.75) is 31.2 Å². The predicted octanol–water partition coefficient (Wildman–Crippen LogP) is 2.82. The third-order valence-corrected chi connectivity index (χ3v) is 4.74. The van der Waals surface area contributed by atoms with E-state index in [1.54, 1.807) is 11.3 Å². The minimum atomic E-state index is -0.336. The standard InChI is InChI=1S/C11H12BrN3OS/c12-8-3-2-7(17-8)6-9-14-10(15-16-9)11(13)4-1-5-11/h2-3H,1,4-6,13H2. The first-order valence-electron chi connectivity index (χ1n) is 5.52. The average molecular weight is 314 g/mol. The van der Waals surface area contributed by atoms with E-state index in [4.69, 9.17) is 10.3 Å². The lowest BCUT2D eigenvalue weighted by Crippen LogP contribution is -2.44. The maximum absolute atomic E-state index is 6.15. The second-order valence-electron chi connectivity index (χ2n) is 4.40. The van der Waals surface area contributed by atoms with Gasteiger partial charge in [0.1, 0.15) is 0 Å². The molecule has 90 valence electrons. The molecule has 2 N–H and O–H groups in total. The summed E-state index contributed by atoms with van der Waals surface area (Å²) in [6.45, 7) is 0. The Kier molecular flexibility index (Phi) is 2.80. The Balaban J connectivity index is 1.76. The number of halogens is 1. The molecule has 0 amide bonds. The summed E-state index contributed by atoms with van der Waals surface area (Å²) in [5.41, 5.74) is 5.81. The van der Waals surface area contributed by atoms with E-state index in [9.17, 15) is 0 Å². The molecule has 2 aromatic heterocycles. The Bertz CT molecular complexity index is 532. The van der Waals surface area contributed by atoms with Crippen LogP contribution in [0.1, 0.15) is 35.9 Å². The third-order valence-electron chi connectivity index (χ3n) is 3.11. The SMILES string of the molecule is NC1(c2noc(Cc3ccc(Br)s3)n2)CCC1. The van der Waals surface area contributed by atoms with Crippen molar-refractivity contribution in [3.8, 4) is 0 Å². The van der Waals surface area contributed by atoms with Crippen molar-refractivity contribution in [3.05, 3.63) is 32.5 Å². The lowest BCUT2D eigenvalue weighted by Gasteiger charge is -2.34. The molecule has 0 atom stereocenters. The van der Waals surface area contributed by atoms with Crippen molar-refractivity contribution in [2.24, 2.45) is 5.73 Å². The first-order valence-corrected chi connectivity index (χ1v) is 7.13. The molecule has 3 rings (SSSR count). The van der Waals surface area contributed by atoms with Gasteiger partial charge < -0.3 is 10.3 Å². The third kappa shape index (κ3) is 2.17. The molecule has 17 heavy (non-hydrogen) atoms. The van der Waals surface area contributed by atoms with Crippen LogP contribution in [0.2, 0.25) is 0 Å². The Labute approximate surface area is 111 Å². The average Bonchev–Trinajstić information content (AvgIpc) is 2.85. The van der Waals surface area contributed by atoms with Gasteiger partial charge in [0.05, 0.1) is 15.7 Å². The maximum atomic E-state index is 6.15. The summed E-state index contributed by atoms with van der Waals surface area (Å²) in [5, 5.41) is 3.99. The van der Waals surface area contributed by atoms with E-state index in [0.29, 0.717) is 18.1 Å². The zero-order chi connectivity index (χ0) is 11.9. The van der Waals surface area contributed by atoms with E-state index < -0.39 is 0 Å². The van der Waals surface area contributed by atoms with E-state index in [1.165, 1.54) is 4.88 Å². The van der Waals surface area contributed by atoms with Crippen molar-refractivity contribution < 1.29 is 4.52 Å². The molecule has 2 aromatic rings. The number of thiophene rings is 1. The molecule has 1 saturated carbocycles. The highest BCUT2D eigenvalue weighted by molar-refractivity contribution is 9.11. The highest BCUT2D eigenvalue weighted by Crippen LogP contribution is 2.37. The van der Waals surface area contributed by atoms with Crippen LogP contribution in [0.4, 0.5) is 0 Å². The van der Waals surface area contributed by atoms with Gasteiger partial charge in [0.15, 0.2) is 5.82 Å². The molecule has 0 unspecified atom stereocenters. The molecule has 1 fully saturated rings. The van der Waals surface area contributed by atoms with Crippen molar-refractivity contribution in [3.63, 3.8) is 0 Å². The summed E-state index contributed by atoms with van der Waals surface area (Å²) in [6, 6.07) is 4.08. The van der Waals surface area contributed by atoms with Gasteiger partial charge >= 0.3 is 0 Å². The van der Waals surface area contributed by atoms with Crippen LogP contribution in [0.3, 0.4) is 0 Å². The van der Waals surface area contributed by atoms with Crippen molar-refractivity contribution in [1.82, 2.24) is 10.1 Å². The molecule has 0 bridgehead atoms. The molecule has 2 heterocycles. The van der Waals surface area contributed by atoms with Crippen LogP contribution in [0.5, 0.6) is 0 Å². The monoisotopic (exact) mass is 313 g/mol. The smallest absolute Gasteiger partial charge is 0.231 e. The Morgan fingerprint density at radius 3 is 2.88 bits per heavy atom. The van der Waals surface area contributed by atoms with Crippen LogP contribution in [0.15, 0.2) is 20.4 Å². The first kappa shape index (κ1) is 11.4. The summed E-state index contributed by atoms with van der Waals surface area (Å²) in [7, 11) is 0. The van der Waals surface area contributed by atoms with Crippen LogP contribution in [-0.4, -0.2) is 10.1 Å². The fourth-order valence-electron chi connectivity index (χ4n) is 1.91. The molecular formula is C11H12BrN3OS. The van der Waals surface area contributed by atoms with E-state index >= 15 is 0 Å². The summed E-state index contributed by atoms with van der Waals surface area (Å²) >= 11 is 5.11. The molecule has 0 radical (unpaired) electrons. The lowest BCUT2D eigenvalue weighted by atomic mass is 9.77. The highest BCUT2D eigenvalue weighted by Gasteiger charge is 2.38. The molecule has 6 heteroatoms. The quantitative estimate of drug-likeness (QED) is 0.946. The summed E-state index contributed by atoms with van der Waals surface area (Å²) in [4.78, 5) is 5.60. The van der Waals surface area contributed by atoms with Gasteiger partial charge in [0.25, 0.3) is 0 Å². The second kappa shape index (κ2) is 4.19. The minimum absolute atomic E-state index is 0.336. The number of rotatable bonds is 3. The predicted molar refractivity (Wildman–Crippen MR) is 68.8 cm³/mol. The van der Waals surface area contributed by atoms with Crippen molar-refractivity contribution >= 4 is 27.3 Å². The zero-order valence-corrected chi connectivity index (χ0v) is 11.6. The minimum Gasteiger partial charge on any atom is -0.339 e. The number of nitrogens with zero attached hydrogens (tertiary/aromatic N) is 2. The van der Waals surface area contributed by atoms with Crippen LogP contribution in [0.25, 0.3) is 0 Å². The van der Waals surface area contributed by atoms with E-state index in [-0.39, 0.29) is 5.54 Å². The van der Waals surface area contributed by atoms with E-state index in [1.807, 2.05) is 6.07 Å². The van der Waals surface area contributed by atoms with Gasteiger partial charge in [0.2, 0.25) is 5.89 Å². The summed E-state index contributed by atoms with van der Waals surface area (Å²) < 4.78 is 6.36. The normalized spacial score (nSPS) is 18.0. The van der Waals surface area contributed by atoms with Gasteiger partial charge in [-0.1, -0.05) is 5.16 Å². The Hall–Kier alpha value is -0.720. The largest absolute Gasteiger partial charge is 0.339 e. The Morgan fingerprint density at radius 2 is 2.29 bits per heavy atom. The van der Waals surface area contributed by atoms with Gasteiger partial charge in [-0.15, -0.1) is 11.3 Å². The van der Waals surface area contributed by atoms with Crippen LogP contribution in [-0.2, 0) is 12.0 Å². The zero-order valence-electron chi connectivity index (χ0n) is 9.15. The molecule has 0 spiro atoms. The second-order valence-corrected chi connectivity index (χ2v) is 6.95. The van der Waals surface area contributed by atoms with E-state index in [2.05, 4.69) is 32.1 Å². The van der Waals surface area contributed by atoms with Crippen LogP contribution < -0.4 is 5.73 Å². The van der Waals surface area contributed by atoms with Gasteiger partial charge in [-0.2, -0.15) is 4.98 Å². The topological polar surface area (TPSA) is 64.9 Å². The Morgan fingerprint density at radius 1 is 1.47 bits per heavy atom. The number of nitrogens with two attached hydrogens (primary N) is 1. The van der Waals surface area contributed by atoms with Gasteiger partial charge in [-0.25, -0.2) is 0 Å². The van der Waals surface area contributed by atoms with Crippen molar-refractivity contribution in [2.75, 3.05) is 0 Å². The van der Waals surface area contributed by atoms with Crippen LogP contribution in [0, 0.1) is 0 Å². The molecule has 1 aliphatic carbocycles. The molecule has 4 nitrogen and oxygen atoms in total. The van der Waals surface area contributed by atoms with Gasteiger partial charge in [-0.05, 0) is 47.3 Å². The molecular weight excluding hydrogens is 302 g/mol. The number of hydrogen-bond acceptors (Lipinski definition) is 5. The number of hydrogen-bond donors (Lipinski definition) is 1. The highest BCUT2D eigenvalue weighted by atomic mass is 79.9. The summed E-state index contributed by atoms with van der Waals surface area (Å²) in [6.07, 6.45) is 3.74. The van der Waals surface area contributed by atoms with Gasteiger partial charge in [0, 0.05) is 4.88 Å². The summed E-state index contributed by atoms with van der Waals surface area (Å²) in [5.74, 6) is 1.31. The lowest BCUT2D eigenvalue weighted by molar-refractivity contribution is 0.229. The fraction of sp³-hybridized carbons (Fsp3) is 0.455. The molecule has 0 aromatic carbocycles.